The molecule has 0 amide bonds. The highest BCUT2D eigenvalue weighted by Crippen LogP contribution is 2.26. The van der Waals surface area contributed by atoms with E-state index in [-0.39, 0.29) is 10.5 Å². The molecule has 1 saturated heterocycles. The number of benzene rings is 2. The zero-order valence-electron chi connectivity index (χ0n) is 17.8. The van der Waals surface area contributed by atoms with E-state index in [2.05, 4.69) is 12.1 Å². The maximum Gasteiger partial charge on any atom is 0.250 e. The van der Waals surface area contributed by atoms with E-state index in [0.717, 1.165) is 30.4 Å². The lowest BCUT2D eigenvalue weighted by atomic mass is 9.91. The Morgan fingerprint density at radius 3 is 2.23 bits per heavy atom. The van der Waals surface area contributed by atoms with Crippen molar-refractivity contribution >= 4 is 10.0 Å². The molecule has 0 unspecified atom stereocenters. The molecule has 1 aromatic heterocycles. The van der Waals surface area contributed by atoms with Crippen molar-refractivity contribution in [3.8, 4) is 0 Å². The molecule has 4 rings (SSSR count). The molecule has 31 heavy (non-hydrogen) atoms. The number of hydrogen-bond donors (Lipinski definition) is 0. The molecular weight excluding hydrogens is 408 g/mol. The van der Waals surface area contributed by atoms with Crippen LogP contribution in [0.1, 0.15) is 29.5 Å². The van der Waals surface area contributed by atoms with Gasteiger partial charge in [0.1, 0.15) is 0 Å². The predicted octanol–water partition coefficient (Wildman–Crippen LogP) is 3.85. The molecule has 1 fully saturated rings. The van der Waals surface area contributed by atoms with Crippen LogP contribution in [0.15, 0.2) is 82.6 Å². The van der Waals surface area contributed by atoms with Gasteiger partial charge in [-0.15, -0.1) is 0 Å². The molecule has 1 aliphatic rings. The Kier molecular flexibility index (Phi) is 6.39. The molecule has 3 aromatic rings. The van der Waals surface area contributed by atoms with Crippen LogP contribution in [0.2, 0.25) is 0 Å². The number of pyridine rings is 1. The lowest BCUT2D eigenvalue weighted by Crippen LogP contribution is -2.39. The minimum atomic E-state index is -3.62. The number of piperidine rings is 1. The zero-order chi connectivity index (χ0) is 21.8. The maximum atomic E-state index is 13.2. The second-order valence-electron chi connectivity index (χ2n) is 8.35. The third-order valence-electron chi connectivity index (χ3n) is 6.01. The first-order valence-electron chi connectivity index (χ1n) is 10.7. The van der Waals surface area contributed by atoms with Gasteiger partial charge in [0.15, 0.2) is 0 Å². The minimum absolute atomic E-state index is 0.181. The SMILES string of the molecule is Cc1ccc(Cn2cc(S(=O)(=O)N3CCC(Cc4ccccc4)CC3)ccc2=O)cc1. The summed E-state index contributed by atoms with van der Waals surface area (Å²) in [5.74, 6) is 0.490. The van der Waals surface area contributed by atoms with Crippen molar-refractivity contribution in [3.63, 3.8) is 0 Å². The summed E-state index contributed by atoms with van der Waals surface area (Å²) in [6.45, 7) is 3.38. The third-order valence-corrected chi connectivity index (χ3v) is 7.89. The Bertz CT molecular complexity index is 1180. The van der Waals surface area contributed by atoms with Gasteiger partial charge in [-0.05, 0) is 49.3 Å². The molecule has 5 nitrogen and oxygen atoms in total. The molecule has 0 bridgehead atoms. The smallest absolute Gasteiger partial charge is 0.250 e. The Labute approximate surface area is 184 Å². The highest BCUT2D eigenvalue weighted by Gasteiger charge is 2.29. The average Bonchev–Trinajstić information content (AvgIpc) is 2.78. The Balaban J connectivity index is 1.46. The van der Waals surface area contributed by atoms with Crippen LogP contribution in [-0.4, -0.2) is 30.4 Å². The van der Waals surface area contributed by atoms with E-state index in [9.17, 15) is 13.2 Å². The molecule has 0 atom stereocenters. The predicted molar refractivity (Wildman–Crippen MR) is 123 cm³/mol. The molecule has 162 valence electrons. The second kappa shape index (κ2) is 9.20. The molecule has 6 heteroatoms. The molecule has 0 saturated carbocycles. The fourth-order valence-electron chi connectivity index (χ4n) is 4.13. The van der Waals surface area contributed by atoms with Gasteiger partial charge in [0.05, 0.1) is 11.4 Å². The number of nitrogens with zero attached hydrogens (tertiary/aromatic N) is 2. The fraction of sp³-hybridized carbons (Fsp3) is 0.320. The third kappa shape index (κ3) is 5.14. The van der Waals surface area contributed by atoms with Gasteiger partial charge in [0.25, 0.3) is 5.56 Å². The highest BCUT2D eigenvalue weighted by atomic mass is 32.2. The summed E-state index contributed by atoms with van der Waals surface area (Å²) in [5.41, 5.74) is 3.19. The van der Waals surface area contributed by atoms with Crippen LogP contribution in [0, 0.1) is 12.8 Å². The molecule has 0 spiro atoms. The quantitative estimate of drug-likeness (QED) is 0.590. The van der Waals surface area contributed by atoms with Crippen molar-refractivity contribution in [1.82, 2.24) is 8.87 Å². The Morgan fingerprint density at radius 2 is 1.55 bits per heavy atom. The zero-order valence-corrected chi connectivity index (χ0v) is 18.6. The van der Waals surface area contributed by atoms with Crippen molar-refractivity contribution in [2.45, 2.75) is 37.6 Å². The van der Waals surface area contributed by atoms with Crippen LogP contribution in [-0.2, 0) is 23.0 Å². The first-order chi connectivity index (χ1) is 14.9. The summed E-state index contributed by atoms with van der Waals surface area (Å²) >= 11 is 0. The number of sulfonamides is 1. The molecule has 0 radical (unpaired) electrons. The van der Waals surface area contributed by atoms with Gasteiger partial charge in [-0.2, -0.15) is 4.31 Å². The summed E-state index contributed by atoms with van der Waals surface area (Å²) in [6, 6.07) is 21.0. The lowest BCUT2D eigenvalue weighted by molar-refractivity contribution is 0.272. The number of aryl methyl sites for hydroxylation is 1. The molecule has 0 N–H and O–H groups in total. The number of aromatic nitrogens is 1. The minimum Gasteiger partial charge on any atom is -0.310 e. The summed E-state index contributed by atoms with van der Waals surface area (Å²) in [6.07, 6.45) is 4.15. The van der Waals surface area contributed by atoms with E-state index >= 15 is 0 Å². The lowest BCUT2D eigenvalue weighted by Gasteiger charge is -2.31. The van der Waals surface area contributed by atoms with E-state index in [1.54, 1.807) is 4.31 Å². The Hall–Kier alpha value is -2.70. The number of hydrogen-bond acceptors (Lipinski definition) is 3. The summed E-state index contributed by atoms with van der Waals surface area (Å²) < 4.78 is 29.5. The topological polar surface area (TPSA) is 59.4 Å². The van der Waals surface area contributed by atoms with E-state index in [4.69, 9.17) is 0 Å². The largest absolute Gasteiger partial charge is 0.310 e. The van der Waals surface area contributed by atoms with Gasteiger partial charge >= 0.3 is 0 Å². The average molecular weight is 437 g/mol. The van der Waals surface area contributed by atoms with Crippen LogP contribution in [0.3, 0.4) is 0 Å². The summed E-state index contributed by atoms with van der Waals surface area (Å²) in [4.78, 5) is 12.5. The van der Waals surface area contributed by atoms with Gasteiger partial charge in [0.2, 0.25) is 10.0 Å². The van der Waals surface area contributed by atoms with Gasteiger partial charge in [-0.1, -0.05) is 60.2 Å². The highest BCUT2D eigenvalue weighted by molar-refractivity contribution is 7.89. The molecule has 1 aliphatic heterocycles. The summed E-state index contributed by atoms with van der Waals surface area (Å²) in [7, 11) is -3.62. The summed E-state index contributed by atoms with van der Waals surface area (Å²) in [5, 5.41) is 0. The first-order valence-corrected chi connectivity index (χ1v) is 12.2. The van der Waals surface area contributed by atoms with Crippen LogP contribution in [0.5, 0.6) is 0 Å². The van der Waals surface area contributed by atoms with Crippen molar-refractivity contribution in [3.05, 3.63) is 100.0 Å². The normalized spacial score (nSPS) is 15.8. The van der Waals surface area contributed by atoms with Crippen molar-refractivity contribution in [2.75, 3.05) is 13.1 Å². The van der Waals surface area contributed by atoms with Crippen molar-refractivity contribution < 1.29 is 8.42 Å². The first kappa shape index (κ1) is 21.5. The van der Waals surface area contributed by atoms with Gasteiger partial charge in [0, 0.05) is 25.4 Å². The van der Waals surface area contributed by atoms with Gasteiger partial charge < -0.3 is 4.57 Å². The second-order valence-corrected chi connectivity index (χ2v) is 10.3. The van der Waals surface area contributed by atoms with Crippen molar-refractivity contribution in [2.24, 2.45) is 5.92 Å². The van der Waals surface area contributed by atoms with Crippen molar-refractivity contribution in [1.29, 1.82) is 0 Å². The monoisotopic (exact) mass is 436 g/mol. The van der Waals surface area contributed by atoms with E-state index in [0.29, 0.717) is 25.6 Å². The van der Waals surface area contributed by atoms with Crippen LogP contribution >= 0.6 is 0 Å². The van der Waals surface area contributed by atoms with E-state index in [1.165, 1.54) is 28.5 Å². The van der Waals surface area contributed by atoms with Crippen LogP contribution in [0.4, 0.5) is 0 Å². The van der Waals surface area contributed by atoms with E-state index in [1.807, 2.05) is 49.4 Å². The Morgan fingerprint density at radius 1 is 0.871 bits per heavy atom. The molecule has 2 heterocycles. The number of rotatable bonds is 6. The molecular formula is C25H28N2O3S. The van der Waals surface area contributed by atoms with Gasteiger partial charge in [-0.3, -0.25) is 4.79 Å². The molecule has 0 aliphatic carbocycles. The van der Waals surface area contributed by atoms with Crippen LogP contribution in [0.25, 0.3) is 0 Å². The van der Waals surface area contributed by atoms with Gasteiger partial charge in [-0.25, -0.2) is 8.42 Å². The standard InChI is InChI=1S/C25H28N2O3S/c1-20-7-9-23(10-8-20)18-26-19-24(11-12-25(26)28)31(29,30)27-15-13-22(14-16-27)17-21-5-3-2-4-6-21/h2-12,19,22H,13-18H2,1H3. The molecule has 2 aromatic carbocycles. The van der Waals surface area contributed by atoms with Crippen LogP contribution < -0.4 is 5.56 Å². The van der Waals surface area contributed by atoms with E-state index < -0.39 is 10.0 Å². The maximum absolute atomic E-state index is 13.2. The fourth-order valence-corrected chi connectivity index (χ4v) is 5.62.